The van der Waals surface area contributed by atoms with Crippen LogP contribution in [0.5, 0.6) is 5.75 Å². The zero-order chi connectivity index (χ0) is 22.5. The maximum Gasteiger partial charge on any atom is 0.306 e. The molecule has 1 aromatic carbocycles. The predicted molar refractivity (Wildman–Crippen MR) is 136 cm³/mol. The molecule has 0 amide bonds. The number of esters is 1. The largest absolute Gasteiger partial charge is 0.497 e. The van der Waals surface area contributed by atoms with E-state index >= 15 is 0 Å². The minimum absolute atomic E-state index is 0. The lowest BCUT2D eigenvalue weighted by Gasteiger charge is -2.44. The molecule has 0 spiro atoms. The van der Waals surface area contributed by atoms with Crippen LogP contribution in [-0.4, -0.2) is 44.2 Å². The average Bonchev–Trinajstić information content (AvgIpc) is 2.77. The maximum atomic E-state index is 12.9. The number of carbonyl (C=O) groups excluding carboxylic acids is 1. The SMILES string of the molecule is CCCCCCCCCC(=O)OC1(C(CN(C)C)c2ccc(OC)cc2)CCCCC1.Cl. The Bertz CT molecular complexity index is 626. The van der Waals surface area contributed by atoms with Gasteiger partial charge in [-0.3, -0.25) is 4.79 Å². The van der Waals surface area contributed by atoms with Crippen molar-refractivity contribution in [2.75, 3.05) is 27.7 Å². The first kappa shape index (κ1) is 28.8. The summed E-state index contributed by atoms with van der Waals surface area (Å²) in [4.78, 5) is 15.1. The van der Waals surface area contributed by atoms with Crippen molar-refractivity contribution in [3.63, 3.8) is 0 Å². The van der Waals surface area contributed by atoms with E-state index in [4.69, 9.17) is 9.47 Å². The molecule has 1 saturated carbocycles. The Morgan fingerprint density at radius 2 is 1.56 bits per heavy atom. The number of benzene rings is 1. The smallest absolute Gasteiger partial charge is 0.306 e. The molecule has 32 heavy (non-hydrogen) atoms. The molecule has 1 atom stereocenters. The zero-order valence-corrected chi connectivity index (χ0v) is 21.7. The van der Waals surface area contributed by atoms with Crippen molar-refractivity contribution in [1.82, 2.24) is 4.90 Å². The van der Waals surface area contributed by atoms with Crippen LogP contribution in [0.15, 0.2) is 24.3 Å². The second-order valence-corrected chi connectivity index (χ2v) is 9.56. The Morgan fingerprint density at radius 1 is 0.969 bits per heavy atom. The van der Waals surface area contributed by atoms with Crippen molar-refractivity contribution in [3.05, 3.63) is 29.8 Å². The summed E-state index contributed by atoms with van der Waals surface area (Å²) in [6, 6.07) is 8.34. The van der Waals surface area contributed by atoms with Crippen molar-refractivity contribution in [3.8, 4) is 5.75 Å². The highest BCUT2D eigenvalue weighted by atomic mass is 35.5. The summed E-state index contributed by atoms with van der Waals surface area (Å²) in [7, 11) is 5.90. The lowest BCUT2D eigenvalue weighted by molar-refractivity contribution is -0.167. The molecule has 1 aromatic rings. The van der Waals surface area contributed by atoms with E-state index in [2.05, 4.69) is 38.1 Å². The summed E-state index contributed by atoms with van der Waals surface area (Å²) in [5.41, 5.74) is 0.843. The van der Waals surface area contributed by atoms with Crippen molar-refractivity contribution >= 4 is 18.4 Å². The molecule has 0 saturated heterocycles. The summed E-state index contributed by atoms with van der Waals surface area (Å²) >= 11 is 0. The first-order valence-electron chi connectivity index (χ1n) is 12.5. The quantitative estimate of drug-likeness (QED) is 0.215. The van der Waals surface area contributed by atoms with Crippen molar-refractivity contribution in [1.29, 1.82) is 0 Å². The number of halogens is 1. The summed E-state index contributed by atoms with van der Waals surface area (Å²) in [6.07, 6.45) is 14.5. The van der Waals surface area contributed by atoms with Gasteiger partial charge in [0.05, 0.1) is 7.11 Å². The first-order valence-corrected chi connectivity index (χ1v) is 12.5. The lowest BCUT2D eigenvalue weighted by atomic mass is 9.72. The lowest BCUT2D eigenvalue weighted by Crippen LogP contribution is -2.46. The highest BCUT2D eigenvalue weighted by Gasteiger charge is 2.44. The van der Waals surface area contributed by atoms with Gasteiger partial charge in [-0.2, -0.15) is 0 Å². The normalized spacial score (nSPS) is 16.3. The van der Waals surface area contributed by atoms with Gasteiger partial charge in [0.25, 0.3) is 0 Å². The molecule has 0 heterocycles. The second kappa shape index (κ2) is 15.6. The minimum Gasteiger partial charge on any atom is -0.497 e. The molecule has 0 aliphatic heterocycles. The number of methoxy groups -OCH3 is 1. The number of hydrogen-bond donors (Lipinski definition) is 0. The topological polar surface area (TPSA) is 38.8 Å². The Balaban J connectivity index is 0.00000512. The fourth-order valence-electron chi connectivity index (χ4n) is 4.95. The van der Waals surface area contributed by atoms with Gasteiger partial charge in [-0.05, 0) is 63.9 Å². The van der Waals surface area contributed by atoms with Crippen LogP contribution >= 0.6 is 12.4 Å². The predicted octanol–water partition coefficient (Wildman–Crippen LogP) is 7.15. The van der Waals surface area contributed by atoms with Crippen LogP contribution in [0, 0.1) is 0 Å². The van der Waals surface area contributed by atoms with Gasteiger partial charge in [-0.25, -0.2) is 0 Å². The van der Waals surface area contributed by atoms with Gasteiger partial charge in [-0.1, -0.05) is 64.0 Å². The molecular formula is C27H46ClNO3. The Kier molecular flexibility index (Phi) is 14.0. The third kappa shape index (κ3) is 9.31. The van der Waals surface area contributed by atoms with Gasteiger partial charge < -0.3 is 14.4 Å². The molecule has 1 fully saturated rings. The molecule has 0 N–H and O–H groups in total. The Labute approximate surface area is 202 Å². The van der Waals surface area contributed by atoms with Crippen LogP contribution < -0.4 is 4.74 Å². The maximum absolute atomic E-state index is 12.9. The molecule has 0 aromatic heterocycles. The number of rotatable bonds is 14. The number of hydrogen-bond acceptors (Lipinski definition) is 4. The van der Waals surface area contributed by atoms with Crippen LogP contribution in [0.1, 0.15) is 102 Å². The molecule has 4 nitrogen and oxygen atoms in total. The van der Waals surface area contributed by atoms with Crippen molar-refractivity contribution in [2.45, 2.75) is 102 Å². The molecule has 184 valence electrons. The number of ether oxygens (including phenoxy) is 2. The van der Waals surface area contributed by atoms with Crippen molar-refractivity contribution in [2.24, 2.45) is 0 Å². The Morgan fingerprint density at radius 3 is 2.12 bits per heavy atom. The van der Waals surface area contributed by atoms with Gasteiger partial charge >= 0.3 is 5.97 Å². The van der Waals surface area contributed by atoms with E-state index in [1.54, 1.807) is 7.11 Å². The summed E-state index contributed by atoms with van der Waals surface area (Å²) in [5, 5.41) is 0. The molecule has 0 bridgehead atoms. The fraction of sp³-hybridized carbons (Fsp3) is 0.741. The van der Waals surface area contributed by atoms with E-state index in [0.717, 1.165) is 50.8 Å². The zero-order valence-electron chi connectivity index (χ0n) is 20.9. The van der Waals surface area contributed by atoms with E-state index in [1.807, 2.05) is 12.1 Å². The van der Waals surface area contributed by atoms with E-state index in [1.165, 1.54) is 44.1 Å². The standard InChI is InChI=1S/C27H45NO3.ClH/c1-5-6-7-8-9-10-12-15-26(29)31-27(20-13-11-14-21-27)25(22-28(2)3)23-16-18-24(30-4)19-17-23;/h16-19,25H,5-15,20-22H2,1-4H3;1H. The molecule has 0 radical (unpaired) electrons. The number of carbonyl (C=O) groups is 1. The van der Waals surface area contributed by atoms with Crippen LogP contribution in [0.3, 0.4) is 0 Å². The van der Waals surface area contributed by atoms with Gasteiger partial charge in [0, 0.05) is 18.9 Å². The van der Waals surface area contributed by atoms with Crippen LogP contribution in [0.4, 0.5) is 0 Å². The molecular weight excluding hydrogens is 422 g/mol. The third-order valence-corrected chi connectivity index (χ3v) is 6.70. The first-order chi connectivity index (χ1) is 15.0. The summed E-state index contributed by atoms with van der Waals surface area (Å²) < 4.78 is 11.8. The number of likely N-dealkylation sites (N-methyl/N-ethyl adjacent to an activating group) is 1. The summed E-state index contributed by atoms with van der Waals surface area (Å²) in [6.45, 7) is 3.11. The third-order valence-electron chi connectivity index (χ3n) is 6.70. The molecule has 1 aliphatic rings. The molecule has 2 rings (SSSR count). The van der Waals surface area contributed by atoms with Crippen LogP contribution in [-0.2, 0) is 9.53 Å². The molecule has 1 unspecified atom stereocenters. The van der Waals surface area contributed by atoms with E-state index in [0.29, 0.717) is 6.42 Å². The van der Waals surface area contributed by atoms with Gasteiger partial charge in [0.15, 0.2) is 0 Å². The minimum atomic E-state index is -0.394. The fourth-order valence-corrected chi connectivity index (χ4v) is 4.95. The van der Waals surface area contributed by atoms with Crippen molar-refractivity contribution < 1.29 is 14.3 Å². The number of unbranched alkanes of at least 4 members (excludes halogenated alkanes) is 6. The average molecular weight is 468 g/mol. The molecule has 5 heteroatoms. The van der Waals surface area contributed by atoms with Gasteiger partial charge in [-0.15, -0.1) is 12.4 Å². The Hall–Kier alpha value is -1.26. The highest BCUT2D eigenvalue weighted by Crippen LogP contribution is 2.44. The second-order valence-electron chi connectivity index (χ2n) is 9.56. The monoisotopic (exact) mass is 467 g/mol. The van der Waals surface area contributed by atoms with Crippen LogP contribution in [0.2, 0.25) is 0 Å². The summed E-state index contributed by atoms with van der Waals surface area (Å²) in [5.74, 6) is 1.03. The van der Waals surface area contributed by atoms with E-state index in [9.17, 15) is 4.79 Å². The van der Waals surface area contributed by atoms with E-state index < -0.39 is 5.60 Å². The van der Waals surface area contributed by atoms with Gasteiger partial charge in [0.1, 0.15) is 11.4 Å². The number of nitrogens with zero attached hydrogens (tertiary/aromatic N) is 1. The van der Waals surface area contributed by atoms with E-state index in [-0.39, 0.29) is 24.3 Å². The van der Waals surface area contributed by atoms with Crippen LogP contribution in [0.25, 0.3) is 0 Å². The highest BCUT2D eigenvalue weighted by molar-refractivity contribution is 5.85. The van der Waals surface area contributed by atoms with Gasteiger partial charge in [0.2, 0.25) is 0 Å². The molecule has 1 aliphatic carbocycles.